The molecule has 0 aliphatic carbocycles. The highest BCUT2D eigenvalue weighted by molar-refractivity contribution is 7.89. The van der Waals surface area contributed by atoms with Crippen LogP contribution < -0.4 is 10.5 Å². The third-order valence-corrected chi connectivity index (χ3v) is 5.41. The predicted molar refractivity (Wildman–Crippen MR) is 81.1 cm³/mol. The summed E-state index contributed by atoms with van der Waals surface area (Å²) in [6.07, 6.45) is 2.96. The second-order valence-corrected chi connectivity index (χ2v) is 7.11. The molecular weight excluding hydrogens is 274 g/mol. The van der Waals surface area contributed by atoms with E-state index in [9.17, 15) is 8.42 Å². The van der Waals surface area contributed by atoms with Crippen molar-refractivity contribution >= 4 is 15.7 Å². The van der Waals surface area contributed by atoms with Crippen molar-refractivity contribution in [3.05, 3.63) is 23.8 Å². The average molecular weight is 297 g/mol. The molecule has 1 atom stereocenters. The van der Waals surface area contributed by atoms with Gasteiger partial charge < -0.3 is 10.6 Å². The predicted octanol–water partition coefficient (Wildman–Crippen LogP) is 1.20. The third-order valence-electron chi connectivity index (χ3n) is 3.99. The summed E-state index contributed by atoms with van der Waals surface area (Å²) >= 11 is 0. The fourth-order valence-electron chi connectivity index (χ4n) is 2.59. The van der Waals surface area contributed by atoms with Crippen LogP contribution in [-0.2, 0) is 16.4 Å². The van der Waals surface area contributed by atoms with E-state index in [0.29, 0.717) is 12.2 Å². The second kappa shape index (κ2) is 6.11. The van der Waals surface area contributed by atoms with Gasteiger partial charge in [0.05, 0.1) is 4.90 Å². The first-order chi connectivity index (χ1) is 9.44. The molecule has 0 saturated carbocycles. The Morgan fingerprint density at radius 1 is 1.45 bits per heavy atom. The molecule has 0 amide bonds. The second-order valence-electron chi connectivity index (χ2n) is 5.34. The number of nitrogens with two attached hydrogens (primary N) is 1. The van der Waals surface area contributed by atoms with E-state index in [0.717, 1.165) is 31.4 Å². The monoisotopic (exact) mass is 297 g/mol. The van der Waals surface area contributed by atoms with Crippen LogP contribution in [0, 0.1) is 0 Å². The number of hydrogen-bond acceptors (Lipinski definition) is 4. The Balaban J connectivity index is 2.08. The van der Waals surface area contributed by atoms with Crippen LogP contribution in [0.3, 0.4) is 0 Å². The molecule has 1 aromatic carbocycles. The lowest BCUT2D eigenvalue weighted by molar-refractivity contribution is 0.311. The molecule has 1 aliphatic rings. The molecule has 0 radical (unpaired) electrons. The van der Waals surface area contributed by atoms with Gasteiger partial charge in [-0.3, -0.25) is 0 Å². The first-order valence-corrected chi connectivity index (χ1v) is 8.50. The summed E-state index contributed by atoms with van der Waals surface area (Å²) in [5.41, 5.74) is 7.38. The van der Waals surface area contributed by atoms with Crippen LogP contribution in [0.15, 0.2) is 23.1 Å². The lowest BCUT2D eigenvalue weighted by Crippen LogP contribution is -2.38. The number of nitrogens with zero attached hydrogens (tertiary/aromatic N) is 1. The lowest BCUT2D eigenvalue weighted by Gasteiger charge is -2.19. The van der Waals surface area contributed by atoms with Crippen LogP contribution in [0.4, 0.5) is 5.69 Å². The van der Waals surface area contributed by atoms with Crippen molar-refractivity contribution in [1.82, 2.24) is 9.62 Å². The van der Waals surface area contributed by atoms with Gasteiger partial charge >= 0.3 is 0 Å². The number of aryl methyl sites for hydroxylation is 1. The fourth-order valence-corrected chi connectivity index (χ4v) is 3.70. The van der Waals surface area contributed by atoms with Crippen LogP contribution in [-0.4, -0.2) is 39.5 Å². The maximum absolute atomic E-state index is 12.3. The highest BCUT2D eigenvalue weighted by atomic mass is 32.2. The van der Waals surface area contributed by atoms with Gasteiger partial charge in [-0.2, -0.15) is 0 Å². The molecule has 20 heavy (non-hydrogen) atoms. The summed E-state index contributed by atoms with van der Waals surface area (Å²) in [4.78, 5) is 2.43. The van der Waals surface area contributed by atoms with Gasteiger partial charge in [0, 0.05) is 18.3 Å². The minimum atomic E-state index is -3.48. The Hall–Kier alpha value is -1.11. The molecule has 2 rings (SSSR count). The van der Waals surface area contributed by atoms with Crippen molar-refractivity contribution < 1.29 is 8.42 Å². The molecule has 0 bridgehead atoms. The molecule has 1 saturated heterocycles. The van der Waals surface area contributed by atoms with E-state index in [4.69, 9.17) is 5.73 Å². The number of likely N-dealkylation sites (N-methyl/N-ethyl adjacent to an activating group) is 1. The number of sulfonamides is 1. The molecule has 0 spiro atoms. The highest BCUT2D eigenvalue weighted by Gasteiger charge is 2.23. The fraction of sp³-hybridized carbons (Fsp3) is 0.571. The zero-order chi connectivity index (χ0) is 14.8. The molecule has 1 aliphatic heterocycles. The number of rotatable bonds is 5. The van der Waals surface area contributed by atoms with Crippen LogP contribution in [0.1, 0.15) is 25.3 Å². The molecule has 1 fully saturated rings. The Morgan fingerprint density at radius 2 is 2.20 bits per heavy atom. The van der Waals surface area contributed by atoms with E-state index >= 15 is 0 Å². The molecular formula is C14H23N3O2S. The Morgan fingerprint density at radius 3 is 2.75 bits per heavy atom. The van der Waals surface area contributed by atoms with Crippen molar-refractivity contribution in [3.8, 4) is 0 Å². The summed E-state index contributed by atoms with van der Waals surface area (Å²) < 4.78 is 27.2. The van der Waals surface area contributed by atoms with Crippen LogP contribution in [0.5, 0.6) is 0 Å². The van der Waals surface area contributed by atoms with E-state index in [-0.39, 0.29) is 10.9 Å². The Kier molecular flexibility index (Phi) is 4.67. The molecule has 1 unspecified atom stereocenters. The summed E-state index contributed by atoms with van der Waals surface area (Å²) in [5, 5.41) is 0. The van der Waals surface area contributed by atoms with Crippen molar-refractivity contribution in [2.75, 3.05) is 25.9 Å². The van der Waals surface area contributed by atoms with E-state index in [1.807, 2.05) is 14.0 Å². The molecule has 1 aromatic rings. The smallest absolute Gasteiger partial charge is 0.240 e. The van der Waals surface area contributed by atoms with Gasteiger partial charge in [-0.1, -0.05) is 13.0 Å². The maximum atomic E-state index is 12.3. The Bertz CT molecular complexity index is 572. The SMILES string of the molecule is CCc1ccc(S(=O)(=O)NCC2CCCN2C)cc1N. The first-order valence-electron chi connectivity index (χ1n) is 7.02. The molecule has 3 N–H and O–H groups in total. The number of nitrogen functional groups attached to an aromatic ring is 1. The number of hydrogen-bond donors (Lipinski definition) is 2. The average Bonchev–Trinajstić information content (AvgIpc) is 2.82. The van der Waals surface area contributed by atoms with Crippen LogP contribution in [0.25, 0.3) is 0 Å². The normalized spacial score (nSPS) is 20.4. The third kappa shape index (κ3) is 3.31. The molecule has 112 valence electrons. The van der Waals surface area contributed by atoms with E-state index < -0.39 is 10.0 Å². The van der Waals surface area contributed by atoms with Crippen molar-refractivity contribution in [2.24, 2.45) is 0 Å². The maximum Gasteiger partial charge on any atom is 0.240 e. The van der Waals surface area contributed by atoms with E-state index in [1.54, 1.807) is 18.2 Å². The van der Waals surface area contributed by atoms with Gasteiger partial charge in [0.1, 0.15) is 0 Å². The highest BCUT2D eigenvalue weighted by Crippen LogP contribution is 2.19. The number of nitrogens with one attached hydrogen (secondary N) is 1. The Labute approximate surface area is 121 Å². The van der Waals surface area contributed by atoms with Gasteiger partial charge in [0.15, 0.2) is 0 Å². The minimum Gasteiger partial charge on any atom is -0.398 e. The summed E-state index contributed by atoms with van der Waals surface area (Å²) in [5.74, 6) is 0. The quantitative estimate of drug-likeness (QED) is 0.801. The van der Waals surface area contributed by atoms with Crippen molar-refractivity contribution in [2.45, 2.75) is 37.1 Å². The molecule has 1 heterocycles. The first kappa shape index (κ1) is 15.3. The largest absolute Gasteiger partial charge is 0.398 e. The van der Waals surface area contributed by atoms with Gasteiger partial charge in [0.2, 0.25) is 10.0 Å². The number of benzene rings is 1. The summed E-state index contributed by atoms with van der Waals surface area (Å²) in [7, 11) is -1.45. The van der Waals surface area contributed by atoms with E-state index in [2.05, 4.69) is 9.62 Å². The lowest BCUT2D eigenvalue weighted by atomic mass is 10.1. The van der Waals surface area contributed by atoms with Gasteiger partial charge in [-0.25, -0.2) is 13.1 Å². The van der Waals surface area contributed by atoms with Crippen molar-refractivity contribution in [1.29, 1.82) is 0 Å². The van der Waals surface area contributed by atoms with Gasteiger partial charge in [0.25, 0.3) is 0 Å². The van der Waals surface area contributed by atoms with E-state index in [1.165, 1.54) is 0 Å². The van der Waals surface area contributed by atoms with Crippen molar-refractivity contribution in [3.63, 3.8) is 0 Å². The standard InChI is InChI=1S/C14H23N3O2S/c1-3-11-6-7-13(9-14(11)15)20(18,19)16-10-12-5-4-8-17(12)2/h6-7,9,12,16H,3-5,8,10,15H2,1-2H3. The van der Waals surface area contributed by atoms with Crippen LogP contribution >= 0.6 is 0 Å². The summed E-state index contributed by atoms with van der Waals surface area (Å²) in [6, 6.07) is 5.23. The molecule has 0 aromatic heterocycles. The zero-order valence-electron chi connectivity index (χ0n) is 12.1. The number of likely N-dealkylation sites (tertiary alicyclic amines) is 1. The summed E-state index contributed by atoms with van der Waals surface area (Å²) in [6.45, 7) is 3.48. The molecule has 5 nitrogen and oxygen atoms in total. The zero-order valence-corrected chi connectivity index (χ0v) is 12.9. The number of anilines is 1. The molecule has 6 heteroatoms. The van der Waals surface area contributed by atoms with Gasteiger partial charge in [-0.05, 0) is 50.6 Å². The van der Waals surface area contributed by atoms with Gasteiger partial charge in [-0.15, -0.1) is 0 Å². The van der Waals surface area contributed by atoms with Crippen LogP contribution in [0.2, 0.25) is 0 Å². The topological polar surface area (TPSA) is 75.4 Å². The minimum absolute atomic E-state index is 0.243.